The van der Waals surface area contributed by atoms with Crippen molar-refractivity contribution < 1.29 is 0 Å². The van der Waals surface area contributed by atoms with Crippen LogP contribution in [0.2, 0.25) is 0 Å². The Morgan fingerprint density at radius 2 is 1.27 bits per heavy atom. The molecule has 0 aromatic carbocycles. The van der Waals surface area contributed by atoms with Crippen molar-refractivity contribution in [2.24, 2.45) is 11.8 Å². The van der Waals surface area contributed by atoms with Gasteiger partial charge in [0.05, 0.1) is 0 Å². The van der Waals surface area contributed by atoms with Crippen molar-refractivity contribution >= 4 is 0 Å². The van der Waals surface area contributed by atoms with Crippen LogP contribution in [-0.2, 0) is 0 Å². The van der Waals surface area contributed by atoms with Crippen LogP contribution < -0.4 is 5.32 Å². The first-order chi connectivity index (χ1) is 6.88. The third-order valence-electron chi connectivity index (χ3n) is 2.95. The minimum atomic E-state index is 0.558. The van der Waals surface area contributed by atoms with Crippen LogP contribution >= 0.6 is 0 Å². The van der Waals surface area contributed by atoms with E-state index < -0.39 is 0 Å². The highest BCUT2D eigenvalue weighted by molar-refractivity contribution is 4.78. The maximum atomic E-state index is 3.35. The molecule has 0 saturated heterocycles. The molecule has 1 N–H and O–H groups in total. The van der Waals surface area contributed by atoms with E-state index in [1.807, 2.05) is 7.05 Å². The lowest BCUT2D eigenvalue weighted by atomic mass is 10.1. The Labute approximate surface area is 96.4 Å². The predicted molar refractivity (Wildman–Crippen MR) is 69.2 cm³/mol. The summed E-state index contributed by atoms with van der Waals surface area (Å²) in [7, 11) is 2.05. The van der Waals surface area contributed by atoms with Gasteiger partial charge in [0, 0.05) is 25.2 Å². The standard InChI is InChI=1S/C13H30N2/c1-10(2)8-15(9-11(3)4)13(6)12(5)14-7/h10-14H,8-9H2,1-7H3. The zero-order chi connectivity index (χ0) is 12.0. The van der Waals surface area contributed by atoms with Gasteiger partial charge in [0.1, 0.15) is 0 Å². The molecule has 2 atom stereocenters. The van der Waals surface area contributed by atoms with Gasteiger partial charge in [-0.25, -0.2) is 0 Å². The molecule has 2 unspecified atom stereocenters. The minimum Gasteiger partial charge on any atom is -0.316 e. The van der Waals surface area contributed by atoms with E-state index in [1.54, 1.807) is 0 Å². The van der Waals surface area contributed by atoms with Gasteiger partial charge in [-0.1, -0.05) is 27.7 Å². The van der Waals surface area contributed by atoms with Crippen LogP contribution in [0.4, 0.5) is 0 Å². The van der Waals surface area contributed by atoms with E-state index in [4.69, 9.17) is 0 Å². The Bertz CT molecular complexity index is 145. The summed E-state index contributed by atoms with van der Waals surface area (Å²) in [6.07, 6.45) is 0. The molecule has 0 aliphatic heterocycles. The van der Waals surface area contributed by atoms with Crippen molar-refractivity contribution in [1.82, 2.24) is 10.2 Å². The molecule has 0 saturated carbocycles. The molecule has 15 heavy (non-hydrogen) atoms. The number of hydrogen-bond donors (Lipinski definition) is 1. The average Bonchev–Trinajstić information content (AvgIpc) is 2.13. The van der Waals surface area contributed by atoms with Gasteiger partial charge in [-0.2, -0.15) is 0 Å². The predicted octanol–water partition coefficient (Wildman–Crippen LogP) is 2.60. The van der Waals surface area contributed by atoms with Crippen LogP contribution in [0.15, 0.2) is 0 Å². The van der Waals surface area contributed by atoms with Crippen LogP contribution in [0.25, 0.3) is 0 Å². The second-order valence-electron chi connectivity index (χ2n) is 5.56. The van der Waals surface area contributed by atoms with Crippen LogP contribution in [0, 0.1) is 11.8 Å². The molecule has 0 spiro atoms. The van der Waals surface area contributed by atoms with E-state index in [2.05, 4.69) is 51.8 Å². The smallest absolute Gasteiger partial charge is 0.0218 e. The topological polar surface area (TPSA) is 15.3 Å². The summed E-state index contributed by atoms with van der Waals surface area (Å²) in [4.78, 5) is 2.61. The molecule has 0 aliphatic rings. The third kappa shape index (κ3) is 6.16. The summed E-state index contributed by atoms with van der Waals surface area (Å²) in [5.41, 5.74) is 0. The summed E-state index contributed by atoms with van der Waals surface area (Å²) in [6.45, 7) is 16.2. The molecular formula is C13H30N2. The minimum absolute atomic E-state index is 0.558. The highest BCUT2D eigenvalue weighted by atomic mass is 15.2. The van der Waals surface area contributed by atoms with Crippen LogP contribution in [0.1, 0.15) is 41.5 Å². The van der Waals surface area contributed by atoms with E-state index in [1.165, 1.54) is 13.1 Å². The quantitative estimate of drug-likeness (QED) is 0.701. The molecule has 0 heterocycles. The van der Waals surface area contributed by atoms with E-state index in [-0.39, 0.29) is 0 Å². The number of likely N-dealkylation sites (N-methyl/N-ethyl adjacent to an activating group) is 1. The fourth-order valence-electron chi connectivity index (χ4n) is 1.90. The monoisotopic (exact) mass is 214 g/mol. The van der Waals surface area contributed by atoms with E-state index in [0.29, 0.717) is 12.1 Å². The molecule has 2 heteroatoms. The number of rotatable bonds is 7. The lowest BCUT2D eigenvalue weighted by Gasteiger charge is -2.35. The molecule has 0 bridgehead atoms. The van der Waals surface area contributed by atoms with Gasteiger partial charge >= 0.3 is 0 Å². The summed E-state index contributed by atoms with van der Waals surface area (Å²) in [5.74, 6) is 1.49. The van der Waals surface area contributed by atoms with Crippen LogP contribution in [0.3, 0.4) is 0 Å². The second-order valence-corrected chi connectivity index (χ2v) is 5.56. The van der Waals surface area contributed by atoms with Crippen molar-refractivity contribution in [2.45, 2.75) is 53.6 Å². The first-order valence-electron chi connectivity index (χ1n) is 6.29. The van der Waals surface area contributed by atoms with E-state index >= 15 is 0 Å². The fourth-order valence-corrected chi connectivity index (χ4v) is 1.90. The van der Waals surface area contributed by atoms with E-state index in [9.17, 15) is 0 Å². The van der Waals surface area contributed by atoms with Gasteiger partial charge in [-0.3, -0.25) is 4.90 Å². The maximum Gasteiger partial charge on any atom is 0.0218 e. The molecule has 0 radical (unpaired) electrons. The lowest BCUT2D eigenvalue weighted by molar-refractivity contribution is 0.143. The van der Waals surface area contributed by atoms with E-state index in [0.717, 1.165) is 11.8 Å². The van der Waals surface area contributed by atoms with Gasteiger partial charge in [-0.15, -0.1) is 0 Å². The first kappa shape index (κ1) is 14.9. The van der Waals surface area contributed by atoms with Gasteiger partial charge < -0.3 is 5.32 Å². The average molecular weight is 214 g/mol. The Balaban J connectivity index is 4.32. The van der Waals surface area contributed by atoms with Crippen LogP contribution in [0.5, 0.6) is 0 Å². The summed E-state index contributed by atoms with van der Waals surface area (Å²) >= 11 is 0. The normalized spacial score (nSPS) is 16.4. The number of nitrogens with zero attached hydrogens (tertiary/aromatic N) is 1. The first-order valence-corrected chi connectivity index (χ1v) is 6.29. The number of hydrogen-bond acceptors (Lipinski definition) is 2. The Morgan fingerprint density at radius 3 is 1.53 bits per heavy atom. The van der Waals surface area contributed by atoms with Crippen molar-refractivity contribution in [3.8, 4) is 0 Å². The highest BCUT2D eigenvalue weighted by Gasteiger charge is 2.20. The van der Waals surface area contributed by atoms with Gasteiger partial charge in [0.15, 0.2) is 0 Å². The fraction of sp³-hybridized carbons (Fsp3) is 1.00. The zero-order valence-electron chi connectivity index (χ0n) is 11.7. The molecular weight excluding hydrogens is 184 g/mol. The van der Waals surface area contributed by atoms with Crippen molar-refractivity contribution in [3.63, 3.8) is 0 Å². The van der Waals surface area contributed by atoms with Gasteiger partial charge in [0.2, 0.25) is 0 Å². The lowest BCUT2D eigenvalue weighted by Crippen LogP contribution is -2.48. The zero-order valence-corrected chi connectivity index (χ0v) is 11.7. The Hall–Kier alpha value is -0.0800. The molecule has 2 nitrogen and oxygen atoms in total. The molecule has 0 fully saturated rings. The molecule has 0 rings (SSSR count). The Morgan fingerprint density at radius 1 is 0.867 bits per heavy atom. The Kier molecular flexibility index (Phi) is 7.20. The summed E-state index contributed by atoms with van der Waals surface area (Å²) in [5, 5.41) is 3.35. The van der Waals surface area contributed by atoms with Crippen molar-refractivity contribution in [1.29, 1.82) is 0 Å². The third-order valence-corrected chi connectivity index (χ3v) is 2.95. The van der Waals surface area contributed by atoms with Crippen LogP contribution in [-0.4, -0.2) is 37.1 Å². The SMILES string of the molecule is CNC(C)C(C)N(CC(C)C)CC(C)C. The molecule has 92 valence electrons. The molecule has 0 aromatic rings. The van der Waals surface area contributed by atoms with Gasteiger partial charge in [-0.05, 0) is 32.7 Å². The largest absolute Gasteiger partial charge is 0.316 e. The maximum absolute atomic E-state index is 3.35. The van der Waals surface area contributed by atoms with Crippen molar-refractivity contribution in [2.75, 3.05) is 20.1 Å². The van der Waals surface area contributed by atoms with Crippen molar-refractivity contribution in [3.05, 3.63) is 0 Å². The molecule has 0 aromatic heterocycles. The highest BCUT2D eigenvalue weighted by Crippen LogP contribution is 2.10. The van der Waals surface area contributed by atoms with Gasteiger partial charge in [0.25, 0.3) is 0 Å². The summed E-state index contributed by atoms with van der Waals surface area (Å²) < 4.78 is 0. The molecule has 0 aliphatic carbocycles. The number of nitrogens with one attached hydrogen (secondary N) is 1. The summed E-state index contributed by atoms with van der Waals surface area (Å²) in [6, 6.07) is 1.17. The second kappa shape index (κ2) is 7.24. The molecule has 0 amide bonds.